The molecule has 112 valence electrons. The van der Waals surface area contributed by atoms with Gasteiger partial charge >= 0.3 is 0 Å². The average Bonchev–Trinajstić information content (AvgIpc) is 3.09. The Morgan fingerprint density at radius 2 is 2.14 bits per heavy atom. The number of carbonyl (C=O) groups excluding carboxylic acids is 1. The van der Waals surface area contributed by atoms with Crippen LogP contribution in [0.25, 0.3) is 5.52 Å². The minimum atomic E-state index is -0.00827. The molecule has 0 spiro atoms. The zero-order chi connectivity index (χ0) is 15.1. The molecule has 2 aromatic rings. The maximum atomic E-state index is 12.5. The second-order valence-electron chi connectivity index (χ2n) is 6.40. The van der Waals surface area contributed by atoms with Crippen molar-refractivity contribution in [2.45, 2.75) is 18.9 Å². The van der Waals surface area contributed by atoms with Crippen LogP contribution in [0.5, 0.6) is 0 Å². The smallest absolute Gasteiger partial charge is 0.253 e. The summed E-state index contributed by atoms with van der Waals surface area (Å²) in [7, 11) is 0. The van der Waals surface area contributed by atoms with Crippen molar-refractivity contribution in [1.29, 1.82) is 0 Å². The van der Waals surface area contributed by atoms with Crippen LogP contribution in [0.2, 0.25) is 0 Å². The SMILES string of the molecule is C#Cc1ccc2ccc(C(=O)NC3CC4CCN(C4)C3)cn12. The lowest BCUT2D eigenvalue weighted by molar-refractivity contribution is 0.0909. The fraction of sp³-hybridized carbons (Fsp3) is 0.389. The van der Waals surface area contributed by atoms with E-state index in [1.165, 1.54) is 19.5 Å². The first-order valence-corrected chi connectivity index (χ1v) is 7.84. The maximum Gasteiger partial charge on any atom is 0.253 e. The molecule has 3 atom stereocenters. The van der Waals surface area contributed by atoms with Gasteiger partial charge in [0, 0.05) is 30.8 Å². The Kier molecular flexibility index (Phi) is 3.16. The van der Waals surface area contributed by atoms with E-state index in [4.69, 9.17) is 6.42 Å². The molecule has 4 heteroatoms. The van der Waals surface area contributed by atoms with Crippen molar-refractivity contribution >= 4 is 11.4 Å². The number of hydrogen-bond donors (Lipinski definition) is 1. The summed E-state index contributed by atoms with van der Waals surface area (Å²) in [5.74, 6) is 3.38. The van der Waals surface area contributed by atoms with Crippen molar-refractivity contribution in [3.05, 3.63) is 41.7 Å². The average molecular weight is 293 g/mol. The third-order valence-corrected chi connectivity index (χ3v) is 4.86. The van der Waals surface area contributed by atoms with Gasteiger partial charge < -0.3 is 14.6 Å². The highest BCUT2D eigenvalue weighted by molar-refractivity contribution is 5.94. The summed E-state index contributed by atoms with van der Waals surface area (Å²) in [5.41, 5.74) is 2.44. The monoisotopic (exact) mass is 293 g/mol. The molecule has 2 saturated heterocycles. The highest BCUT2D eigenvalue weighted by atomic mass is 16.1. The Hall–Kier alpha value is -2.25. The quantitative estimate of drug-likeness (QED) is 0.856. The van der Waals surface area contributed by atoms with Crippen molar-refractivity contribution < 1.29 is 4.79 Å². The largest absolute Gasteiger partial charge is 0.348 e. The third kappa shape index (κ3) is 2.28. The Morgan fingerprint density at radius 3 is 2.95 bits per heavy atom. The minimum Gasteiger partial charge on any atom is -0.348 e. The first kappa shape index (κ1) is 13.4. The third-order valence-electron chi connectivity index (χ3n) is 4.86. The highest BCUT2D eigenvalue weighted by Gasteiger charge is 2.32. The normalized spacial score (nSPS) is 26.8. The molecule has 2 fully saturated rings. The van der Waals surface area contributed by atoms with Gasteiger partial charge in [-0.3, -0.25) is 4.79 Å². The molecule has 22 heavy (non-hydrogen) atoms. The molecule has 4 rings (SSSR count). The van der Waals surface area contributed by atoms with Crippen molar-refractivity contribution in [3.63, 3.8) is 0 Å². The molecule has 1 N–H and O–H groups in total. The van der Waals surface area contributed by atoms with E-state index in [1.807, 2.05) is 34.9 Å². The lowest BCUT2D eigenvalue weighted by Crippen LogP contribution is -2.47. The van der Waals surface area contributed by atoms with Gasteiger partial charge in [-0.25, -0.2) is 0 Å². The van der Waals surface area contributed by atoms with E-state index in [0.717, 1.165) is 30.1 Å². The van der Waals surface area contributed by atoms with Gasteiger partial charge in [0.15, 0.2) is 0 Å². The lowest BCUT2D eigenvalue weighted by atomic mass is 9.96. The van der Waals surface area contributed by atoms with Gasteiger partial charge in [-0.05, 0) is 49.6 Å². The molecule has 2 aliphatic heterocycles. The Morgan fingerprint density at radius 1 is 1.27 bits per heavy atom. The van der Waals surface area contributed by atoms with Crippen LogP contribution >= 0.6 is 0 Å². The number of nitrogens with one attached hydrogen (secondary N) is 1. The standard InChI is InChI=1S/C18H19N3O/c1-2-16-5-6-17-4-3-14(11-21(16)17)18(22)19-15-9-13-7-8-20(10-13)12-15/h1,3-6,11,13,15H,7-10,12H2,(H,19,22). The molecule has 2 aliphatic rings. The molecule has 0 saturated carbocycles. The molecule has 0 radical (unpaired) electrons. The Labute approximate surface area is 130 Å². The first-order chi connectivity index (χ1) is 10.7. The summed E-state index contributed by atoms with van der Waals surface area (Å²) in [6.45, 7) is 3.36. The number of hydrogen-bond acceptors (Lipinski definition) is 2. The summed E-state index contributed by atoms with van der Waals surface area (Å²) in [4.78, 5) is 15.0. The van der Waals surface area contributed by atoms with Gasteiger partial charge in [-0.1, -0.05) is 5.92 Å². The maximum absolute atomic E-state index is 12.5. The number of nitrogens with zero attached hydrogens (tertiary/aromatic N) is 2. The van der Waals surface area contributed by atoms with Crippen LogP contribution in [0.3, 0.4) is 0 Å². The Bertz CT molecular complexity index is 758. The van der Waals surface area contributed by atoms with Crippen LogP contribution < -0.4 is 5.32 Å². The number of rotatable bonds is 2. The molecule has 2 aromatic heterocycles. The van der Waals surface area contributed by atoms with Gasteiger partial charge in [0.2, 0.25) is 0 Å². The second-order valence-corrected chi connectivity index (χ2v) is 6.40. The van der Waals surface area contributed by atoms with Gasteiger partial charge in [0.25, 0.3) is 5.91 Å². The molecular formula is C18H19N3O. The zero-order valence-electron chi connectivity index (χ0n) is 12.5. The van der Waals surface area contributed by atoms with E-state index >= 15 is 0 Å². The fourth-order valence-electron chi connectivity index (χ4n) is 3.79. The van der Waals surface area contributed by atoms with E-state index in [0.29, 0.717) is 5.56 Å². The van der Waals surface area contributed by atoms with Crippen LogP contribution in [0, 0.1) is 18.3 Å². The van der Waals surface area contributed by atoms with E-state index in [1.54, 1.807) is 0 Å². The number of amides is 1. The number of terminal acetylenes is 1. The molecule has 4 nitrogen and oxygen atoms in total. The van der Waals surface area contributed by atoms with Crippen LogP contribution in [0.1, 0.15) is 28.9 Å². The fourth-order valence-corrected chi connectivity index (χ4v) is 3.79. The number of carbonyl (C=O) groups is 1. The van der Waals surface area contributed by atoms with Gasteiger partial charge in [0.1, 0.15) is 0 Å². The molecular weight excluding hydrogens is 274 g/mol. The Balaban J connectivity index is 1.54. The number of pyridine rings is 1. The summed E-state index contributed by atoms with van der Waals surface area (Å²) in [5, 5.41) is 3.18. The van der Waals surface area contributed by atoms with E-state index in [2.05, 4.69) is 16.1 Å². The molecule has 0 aliphatic carbocycles. The minimum absolute atomic E-state index is 0.00827. The van der Waals surface area contributed by atoms with Crippen molar-refractivity contribution in [2.24, 2.45) is 5.92 Å². The highest BCUT2D eigenvalue weighted by Crippen LogP contribution is 2.26. The molecule has 2 bridgehead atoms. The van der Waals surface area contributed by atoms with E-state index < -0.39 is 0 Å². The van der Waals surface area contributed by atoms with E-state index in [-0.39, 0.29) is 11.9 Å². The number of piperidine rings is 1. The molecule has 0 aromatic carbocycles. The van der Waals surface area contributed by atoms with E-state index in [9.17, 15) is 4.79 Å². The van der Waals surface area contributed by atoms with Crippen LogP contribution in [-0.4, -0.2) is 40.9 Å². The van der Waals surface area contributed by atoms with Gasteiger partial charge in [-0.2, -0.15) is 0 Å². The summed E-state index contributed by atoms with van der Waals surface area (Å²) in [6.07, 6.45) is 9.70. The predicted octanol–water partition coefficient (Wildman–Crippen LogP) is 1.74. The topological polar surface area (TPSA) is 36.8 Å². The van der Waals surface area contributed by atoms with Crippen molar-refractivity contribution in [3.8, 4) is 12.3 Å². The summed E-state index contributed by atoms with van der Waals surface area (Å²) >= 11 is 0. The zero-order valence-corrected chi connectivity index (χ0v) is 12.5. The number of aromatic nitrogens is 1. The lowest BCUT2D eigenvalue weighted by Gasteiger charge is -2.30. The molecule has 3 unspecified atom stereocenters. The summed E-state index contributed by atoms with van der Waals surface area (Å²) < 4.78 is 1.89. The predicted molar refractivity (Wildman–Crippen MR) is 85.8 cm³/mol. The number of fused-ring (bicyclic) bond motifs is 3. The van der Waals surface area contributed by atoms with Crippen LogP contribution in [0.15, 0.2) is 30.5 Å². The van der Waals surface area contributed by atoms with Gasteiger partial charge in [-0.15, -0.1) is 6.42 Å². The van der Waals surface area contributed by atoms with Crippen molar-refractivity contribution in [2.75, 3.05) is 19.6 Å². The molecule has 4 heterocycles. The first-order valence-electron chi connectivity index (χ1n) is 7.84. The van der Waals surface area contributed by atoms with Crippen molar-refractivity contribution in [1.82, 2.24) is 14.6 Å². The van der Waals surface area contributed by atoms with Gasteiger partial charge in [0.05, 0.1) is 11.3 Å². The second kappa shape index (κ2) is 5.19. The van der Waals surface area contributed by atoms with Crippen LogP contribution in [0.4, 0.5) is 0 Å². The molecule has 1 amide bonds. The van der Waals surface area contributed by atoms with Crippen LogP contribution in [-0.2, 0) is 0 Å². The summed E-state index contributed by atoms with van der Waals surface area (Å²) in [6, 6.07) is 7.92.